The fourth-order valence-electron chi connectivity index (χ4n) is 2.55. The van der Waals surface area contributed by atoms with Crippen LogP contribution in [-0.2, 0) is 10.0 Å². The fourth-order valence-corrected chi connectivity index (χ4v) is 4.82. The van der Waals surface area contributed by atoms with Crippen LogP contribution in [0.5, 0.6) is 0 Å². The predicted molar refractivity (Wildman–Crippen MR) is 81.8 cm³/mol. The molecule has 118 valence electrons. The summed E-state index contributed by atoms with van der Waals surface area (Å²) in [5.74, 6) is -0.655. The van der Waals surface area contributed by atoms with Crippen molar-refractivity contribution in [3.05, 3.63) is 28.0 Å². The molecule has 1 N–H and O–H groups in total. The zero-order chi connectivity index (χ0) is 15.6. The highest BCUT2D eigenvalue weighted by atomic mass is 35.5. The van der Waals surface area contributed by atoms with E-state index in [4.69, 9.17) is 23.2 Å². The Morgan fingerprint density at radius 1 is 1.43 bits per heavy atom. The Balaban J connectivity index is 2.32. The highest BCUT2D eigenvalue weighted by molar-refractivity contribution is 7.89. The number of halogens is 3. The van der Waals surface area contributed by atoms with E-state index in [1.54, 1.807) is 0 Å². The van der Waals surface area contributed by atoms with Gasteiger partial charge in [0.1, 0.15) is 4.90 Å². The van der Waals surface area contributed by atoms with Crippen molar-refractivity contribution >= 4 is 33.2 Å². The van der Waals surface area contributed by atoms with Gasteiger partial charge in [-0.05, 0) is 44.5 Å². The van der Waals surface area contributed by atoms with Gasteiger partial charge in [-0.2, -0.15) is 4.31 Å². The molecule has 1 atom stereocenters. The van der Waals surface area contributed by atoms with Crippen molar-refractivity contribution in [1.82, 2.24) is 9.62 Å². The van der Waals surface area contributed by atoms with Gasteiger partial charge in [-0.3, -0.25) is 0 Å². The molecule has 0 aliphatic carbocycles. The van der Waals surface area contributed by atoms with Crippen LogP contribution >= 0.6 is 23.2 Å². The molecule has 1 saturated heterocycles. The maximum Gasteiger partial charge on any atom is 0.244 e. The van der Waals surface area contributed by atoms with E-state index < -0.39 is 20.9 Å². The van der Waals surface area contributed by atoms with Crippen LogP contribution in [0.2, 0.25) is 10.0 Å². The Hall–Kier alpha value is -0.400. The van der Waals surface area contributed by atoms with Crippen molar-refractivity contribution in [3.8, 4) is 0 Å². The smallest absolute Gasteiger partial charge is 0.244 e. The molecule has 21 heavy (non-hydrogen) atoms. The summed E-state index contributed by atoms with van der Waals surface area (Å²) in [4.78, 5) is -0.226. The van der Waals surface area contributed by atoms with Gasteiger partial charge in [-0.1, -0.05) is 23.2 Å². The number of nitrogens with one attached hydrogen (secondary N) is 1. The average molecular weight is 355 g/mol. The van der Waals surface area contributed by atoms with E-state index in [1.807, 2.05) is 7.05 Å². The summed E-state index contributed by atoms with van der Waals surface area (Å²) in [7, 11) is -1.98. The van der Waals surface area contributed by atoms with Crippen molar-refractivity contribution in [2.75, 3.05) is 26.7 Å². The van der Waals surface area contributed by atoms with Gasteiger partial charge >= 0.3 is 0 Å². The Kier molecular flexibility index (Phi) is 5.48. The van der Waals surface area contributed by atoms with E-state index in [2.05, 4.69) is 5.32 Å². The number of nitrogens with zero attached hydrogens (tertiary/aromatic N) is 1. The SMILES string of the molecule is CNCC1CCCN(S(=O)(=O)c2ccc(Cl)c(F)c2Cl)C1. The van der Waals surface area contributed by atoms with Crippen molar-refractivity contribution in [1.29, 1.82) is 0 Å². The number of benzene rings is 1. The molecule has 8 heteroatoms. The molecular formula is C13H17Cl2FN2O2S. The summed E-state index contributed by atoms with van der Waals surface area (Å²) >= 11 is 11.4. The molecule has 1 unspecified atom stereocenters. The molecule has 0 spiro atoms. The quantitative estimate of drug-likeness (QED) is 0.845. The lowest BCUT2D eigenvalue weighted by Gasteiger charge is -2.32. The van der Waals surface area contributed by atoms with Gasteiger partial charge in [0.2, 0.25) is 10.0 Å². The standard InChI is InChI=1S/C13H17Cl2FN2O2S/c1-17-7-9-3-2-6-18(8-9)21(19,20)11-5-4-10(14)13(16)12(11)15/h4-5,9,17H,2-3,6-8H2,1H3. The molecule has 4 nitrogen and oxygen atoms in total. The molecule has 0 bridgehead atoms. The minimum atomic E-state index is -3.81. The van der Waals surface area contributed by atoms with Gasteiger partial charge < -0.3 is 5.32 Å². The molecule has 0 aromatic heterocycles. The van der Waals surface area contributed by atoms with Gasteiger partial charge in [-0.25, -0.2) is 12.8 Å². The molecule has 1 heterocycles. The third-order valence-electron chi connectivity index (χ3n) is 3.59. The lowest BCUT2D eigenvalue weighted by atomic mass is 10.00. The molecule has 0 amide bonds. The van der Waals surface area contributed by atoms with Gasteiger partial charge in [-0.15, -0.1) is 0 Å². The molecule has 1 aromatic rings. The second-order valence-electron chi connectivity index (χ2n) is 5.10. The highest BCUT2D eigenvalue weighted by Crippen LogP contribution is 2.32. The van der Waals surface area contributed by atoms with E-state index in [9.17, 15) is 12.8 Å². The molecule has 1 aliphatic heterocycles. The topological polar surface area (TPSA) is 49.4 Å². The van der Waals surface area contributed by atoms with Crippen molar-refractivity contribution < 1.29 is 12.8 Å². The lowest BCUT2D eigenvalue weighted by Crippen LogP contribution is -2.42. The number of sulfonamides is 1. The Labute approximate surface area is 134 Å². The summed E-state index contributed by atoms with van der Waals surface area (Å²) in [5, 5.41) is 2.42. The second kappa shape index (κ2) is 6.79. The van der Waals surface area contributed by atoms with Crippen LogP contribution < -0.4 is 5.32 Å². The lowest BCUT2D eigenvalue weighted by molar-refractivity contribution is 0.263. The summed E-state index contributed by atoms with van der Waals surface area (Å²) in [6.07, 6.45) is 1.74. The first-order valence-electron chi connectivity index (χ1n) is 6.66. The minimum Gasteiger partial charge on any atom is -0.319 e. The van der Waals surface area contributed by atoms with Crippen LogP contribution in [0.1, 0.15) is 12.8 Å². The van der Waals surface area contributed by atoms with Crippen molar-refractivity contribution in [2.24, 2.45) is 5.92 Å². The third-order valence-corrected chi connectivity index (χ3v) is 6.27. The van der Waals surface area contributed by atoms with E-state index in [0.717, 1.165) is 19.4 Å². The van der Waals surface area contributed by atoms with E-state index in [1.165, 1.54) is 16.4 Å². The third kappa shape index (κ3) is 3.51. The molecule has 1 aromatic carbocycles. The number of rotatable bonds is 4. The second-order valence-corrected chi connectivity index (χ2v) is 7.79. The maximum absolute atomic E-state index is 13.7. The molecule has 0 saturated carbocycles. The summed E-state index contributed by atoms with van der Waals surface area (Å²) in [5.41, 5.74) is 0. The zero-order valence-corrected chi connectivity index (χ0v) is 13.9. The highest BCUT2D eigenvalue weighted by Gasteiger charge is 2.32. The van der Waals surface area contributed by atoms with Crippen LogP contribution in [0, 0.1) is 11.7 Å². The normalized spacial score (nSPS) is 20.7. The molecule has 1 fully saturated rings. The fraction of sp³-hybridized carbons (Fsp3) is 0.538. The van der Waals surface area contributed by atoms with Crippen LogP contribution in [0.4, 0.5) is 4.39 Å². The van der Waals surface area contributed by atoms with E-state index >= 15 is 0 Å². The summed E-state index contributed by atoms with van der Waals surface area (Å²) < 4.78 is 40.4. The first-order chi connectivity index (χ1) is 9.87. The predicted octanol–water partition coefficient (Wildman–Crippen LogP) is 2.75. The van der Waals surface area contributed by atoms with Crippen molar-refractivity contribution in [2.45, 2.75) is 17.7 Å². The first kappa shape index (κ1) is 17.0. The number of piperidine rings is 1. The van der Waals surface area contributed by atoms with Crippen LogP contribution in [0.25, 0.3) is 0 Å². The molecule has 2 rings (SSSR count). The zero-order valence-electron chi connectivity index (χ0n) is 11.6. The number of hydrogen-bond acceptors (Lipinski definition) is 3. The number of hydrogen-bond donors (Lipinski definition) is 1. The Bertz CT molecular complexity index is 623. The summed E-state index contributed by atoms with van der Waals surface area (Å²) in [6, 6.07) is 2.47. The van der Waals surface area contributed by atoms with Crippen LogP contribution in [-0.4, -0.2) is 39.4 Å². The Morgan fingerprint density at radius 3 is 2.81 bits per heavy atom. The summed E-state index contributed by atoms with van der Waals surface area (Å²) in [6.45, 7) is 1.57. The van der Waals surface area contributed by atoms with Gasteiger partial charge in [0.15, 0.2) is 5.82 Å². The monoisotopic (exact) mass is 354 g/mol. The maximum atomic E-state index is 13.7. The van der Waals surface area contributed by atoms with Gasteiger partial charge in [0.05, 0.1) is 10.0 Å². The first-order valence-corrected chi connectivity index (χ1v) is 8.85. The molecular weight excluding hydrogens is 338 g/mol. The van der Waals surface area contributed by atoms with Gasteiger partial charge in [0.25, 0.3) is 0 Å². The van der Waals surface area contributed by atoms with Crippen LogP contribution in [0.3, 0.4) is 0 Å². The molecule has 0 radical (unpaired) electrons. The van der Waals surface area contributed by atoms with Crippen LogP contribution in [0.15, 0.2) is 17.0 Å². The van der Waals surface area contributed by atoms with E-state index in [0.29, 0.717) is 13.1 Å². The molecule has 1 aliphatic rings. The minimum absolute atomic E-state index is 0.189. The Morgan fingerprint density at radius 2 is 2.14 bits per heavy atom. The van der Waals surface area contributed by atoms with Gasteiger partial charge in [0, 0.05) is 13.1 Å². The largest absolute Gasteiger partial charge is 0.319 e. The average Bonchev–Trinajstić information content (AvgIpc) is 2.45. The van der Waals surface area contributed by atoms with E-state index in [-0.39, 0.29) is 15.8 Å². The van der Waals surface area contributed by atoms with Crippen molar-refractivity contribution in [3.63, 3.8) is 0 Å².